The van der Waals surface area contributed by atoms with E-state index >= 15 is 0 Å². The first-order valence-corrected chi connectivity index (χ1v) is 10.4. The van der Waals surface area contributed by atoms with E-state index in [0.717, 1.165) is 0 Å². The number of aliphatic carboxylic acids is 1. The van der Waals surface area contributed by atoms with Crippen LogP contribution < -0.4 is 15.7 Å². The maximum atomic E-state index is 13.7. The van der Waals surface area contributed by atoms with Crippen LogP contribution >= 0.6 is 19.1 Å². The molecule has 2 aromatic rings. The Morgan fingerprint density at radius 2 is 1.57 bits per heavy atom. The molecule has 0 radical (unpaired) electrons. The second-order valence-corrected chi connectivity index (χ2v) is 8.58. The fourth-order valence-electron chi connectivity index (χ4n) is 2.27. The van der Waals surface area contributed by atoms with Gasteiger partial charge in [0.05, 0.1) is 0 Å². The lowest BCUT2D eigenvalue weighted by Crippen LogP contribution is -2.40. The molecule has 0 amide bonds. The summed E-state index contributed by atoms with van der Waals surface area (Å²) < 4.78 is 13.7. The number of carboxylic acid groups (broad SMARTS) is 1. The highest BCUT2D eigenvalue weighted by Gasteiger charge is 2.32. The van der Waals surface area contributed by atoms with Gasteiger partial charge in [0.15, 0.2) is 0 Å². The van der Waals surface area contributed by atoms with Crippen molar-refractivity contribution in [3.05, 3.63) is 60.7 Å². The maximum absolute atomic E-state index is 13.7. The average Bonchev–Trinajstić information content (AvgIpc) is 2.59. The topological polar surface area (TPSA) is 66.4 Å². The second kappa shape index (κ2) is 8.34. The smallest absolute Gasteiger partial charge is 0.321 e. The Kier molecular flexibility index (Phi) is 6.46. The molecule has 4 nitrogen and oxygen atoms in total. The van der Waals surface area contributed by atoms with Crippen LogP contribution in [0.15, 0.2) is 60.7 Å². The van der Waals surface area contributed by atoms with Crippen molar-refractivity contribution in [2.45, 2.75) is 12.5 Å². The molecule has 0 unspecified atom stereocenters. The molecule has 0 aliphatic rings. The van der Waals surface area contributed by atoms with E-state index < -0.39 is 19.3 Å². The number of carbonyl (C=O) groups is 1. The summed E-state index contributed by atoms with van der Waals surface area (Å²) in [5.74, 6) is -0.292. The predicted octanol–water partition coefficient (Wildman–Crippen LogP) is 2.71. The van der Waals surface area contributed by atoms with Gasteiger partial charge in [-0.05, 0) is 42.7 Å². The van der Waals surface area contributed by atoms with Crippen LogP contribution in [0, 0.1) is 0 Å². The largest absolute Gasteiger partial charge is 0.480 e. The van der Waals surface area contributed by atoms with Gasteiger partial charge in [-0.15, -0.1) is 0 Å². The number of carboxylic acids is 1. The van der Waals surface area contributed by atoms with Crippen molar-refractivity contribution in [1.29, 1.82) is 0 Å². The van der Waals surface area contributed by atoms with Crippen LogP contribution in [0.25, 0.3) is 0 Å². The number of nitrogens with one attached hydrogen (secondary N) is 1. The van der Waals surface area contributed by atoms with Gasteiger partial charge in [0.25, 0.3) is 0 Å². The molecule has 1 atom stereocenters. The Labute approximate surface area is 140 Å². The number of rotatable bonds is 8. The third kappa shape index (κ3) is 4.47. The Morgan fingerprint density at radius 3 is 1.96 bits per heavy atom. The molecular formula is C17H20NO3PS. The molecule has 0 fully saturated rings. The van der Waals surface area contributed by atoms with Crippen LogP contribution in [-0.4, -0.2) is 29.1 Å². The summed E-state index contributed by atoms with van der Waals surface area (Å²) in [5, 5.41) is 13.6. The highest BCUT2D eigenvalue weighted by Crippen LogP contribution is 2.39. The molecule has 2 rings (SSSR count). The minimum Gasteiger partial charge on any atom is -0.480 e. The van der Waals surface area contributed by atoms with Crippen molar-refractivity contribution in [3.63, 3.8) is 0 Å². The molecule has 23 heavy (non-hydrogen) atoms. The zero-order chi connectivity index (χ0) is 16.7. The Morgan fingerprint density at radius 1 is 1.09 bits per heavy atom. The lowest BCUT2D eigenvalue weighted by Gasteiger charge is -2.24. The quantitative estimate of drug-likeness (QED) is 0.718. The Hall–Kier alpha value is -1.55. The summed E-state index contributed by atoms with van der Waals surface area (Å²) in [4.78, 5) is 11.6. The lowest BCUT2D eigenvalue weighted by atomic mass is 10.2. The molecule has 122 valence electrons. The van der Waals surface area contributed by atoms with Gasteiger partial charge >= 0.3 is 5.97 Å². The summed E-state index contributed by atoms with van der Waals surface area (Å²) >= 11 is 1.57. The predicted molar refractivity (Wildman–Crippen MR) is 97.3 cm³/mol. The normalized spacial score (nSPS) is 12.7. The van der Waals surface area contributed by atoms with E-state index in [4.69, 9.17) is 0 Å². The molecular weight excluding hydrogens is 329 g/mol. The maximum Gasteiger partial charge on any atom is 0.321 e. The first kappa shape index (κ1) is 17.8. The molecule has 6 heteroatoms. The van der Waals surface area contributed by atoms with Crippen molar-refractivity contribution >= 4 is 35.6 Å². The van der Waals surface area contributed by atoms with E-state index in [9.17, 15) is 14.5 Å². The van der Waals surface area contributed by atoms with E-state index in [0.29, 0.717) is 22.8 Å². The number of hydrogen-bond acceptors (Lipinski definition) is 3. The molecule has 0 spiro atoms. The van der Waals surface area contributed by atoms with Gasteiger partial charge in [0.1, 0.15) is 6.04 Å². The monoisotopic (exact) mass is 349 g/mol. The fraction of sp³-hybridized carbons (Fsp3) is 0.235. The van der Waals surface area contributed by atoms with Crippen LogP contribution in [0.3, 0.4) is 0 Å². The zero-order valence-electron chi connectivity index (χ0n) is 12.9. The summed E-state index contributed by atoms with van der Waals surface area (Å²) in [7, 11) is -3.21. The van der Waals surface area contributed by atoms with Crippen LogP contribution in [0.5, 0.6) is 0 Å². The minimum absolute atomic E-state index is 0.417. The molecule has 0 aliphatic carbocycles. The SMILES string of the molecule is CSCC[C@H](NP(=O)(c1ccccc1)c1ccccc1)C(=O)O. The molecule has 0 aromatic heterocycles. The van der Waals surface area contributed by atoms with Crippen molar-refractivity contribution < 1.29 is 14.5 Å². The molecule has 0 heterocycles. The Balaban J connectivity index is 2.42. The molecule has 0 saturated carbocycles. The van der Waals surface area contributed by atoms with E-state index in [1.807, 2.05) is 42.7 Å². The van der Waals surface area contributed by atoms with Gasteiger partial charge in [-0.25, -0.2) is 5.09 Å². The third-order valence-corrected chi connectivity index (χ3v) is 6.86. The number of benzene rings is 2. The van der Waals surface area contributed by atoms with Crippen LogP contribution in [0.1, 0.15) is 6.42 Å². The van der Waals surface area contributed by atoms with Gasteiger partial charge in [0.2, 0.25) is 7.29 Å². The summed E-state index contributed by atoms with van der Waals surface area (Å²) in [6, 6.07) is 17.2. The van der Waals surface area contributed by atoms with Crippen molar-refractivity contribution in [2.75, 3.05) is 12.0 Å². The van der Waals surface area contributed by atoms with Gasteiger partial charge in [0, 0.05) is 10.6 Å². The molecule has 2 aromatic carbocycles. The first-order chi connectivity index (χ1) is 11.1. The number of hydrogen-bond donors (Lipinski definition) is 2. The lowest BCUT2D eigenvalue weighted by molar-refractivity contribution is -0.139. The van der Waals surface area contributed by atoms with E-state index in [1.54, 1.807) is 36.0 Å². The average molecular weight is 349 g/mol. The van der Waals surface area contributed by atoms with Gasteiger partial charge in [-0.1, -0.05) is 36.4 Å². The van der Waals surface area contributed by atoms with Gasteiger partial charge < -0.3 is 5.11 Å². The van der Waals surface area contributed by atoms with E-state index in [1.165, 1.54) is 0 Å². The van der Waals surface area contributed by atoms with Crippen LogP contribution in [0.2, 0.25) is 0 Å². The summed E-state index contributed by atoms with van der Waals surface area (Å²) in [6.45, 7) is 0. The highest BCUT2D eigenvalue weighted by atomic mass is 32.2. The molecule has 0 aliphatic heterocycles. The Bertz CT molecular complexity index is 635. The minimum atomic E-state index is -3.21. The van der Waals surface area contributed by atoms with E-state index in [2.05, 4.69) is 5.09 Å². The van der Waals surface area contributed by atoms with Gasteiger partial charge in [-0.3, -0.25) is 9.36 Å². The molecule has 0 saturated heterocycles. The first-order valence-electron chi connectivity index (χ1n) is 7.29. The van der Waals surface area contributed by atoms with Crippen molar-refractivity contribution in [2.24, 2.45) is 0 Å². The summed E-state index contributed by atoms with van der Waals surface area (Å²) in [6.07, 6.45) is 2.34. The zero-order valence-corrected chi connectivity index (χ0v) is 14.6. The molecule has 2 N–H and O–H groups in total. The van der Waals surface area contributed by atoms with Crippen molar-refractivity contribution in [1.82, 2.24) is 5.09 Å². The number of thioether (sulfide) groups is 1. The van der Waals surface area contributed by atoms with Crippen molar-refractivity contribution in [3.8, 4) is 0 Å². The second-order valence-electron chi connectivity index (χ2n) is 5.08. The summed E-state index contributed by atoms with van der Waals surface area (Å²) in [5.41, 5.74) is 0. The highest BCUT2D eigenvalue weighted by molar-refractivity contribution is 7.98. The molecule has 0 bridgehead atoms. The van der Waals surface area contributed by atoms with E-state index in [-0.39, 0.29) is 0 Å². The standard InChI is InChI=1S/C17H20NO3PS/c1-23-13-12-16(17(19)20)18-22(21,14-8-4-2-5-9-14)15-10-6-3-7-11-15/h2-11,16H,12-13H2,1H3,(H,18,21)(H,19,20)/t16-/m0/s1. The van der Waals surface area contributed by atoms with Crippen LogP contribution in [0.4, 0.5) is 0 Å². The van der Waals surface area contributed by atoms with Crippen LogP contribution in [-0.2, 0) is 9.36 Å². The van der Waals surface area contributed by atoms with Gasteiger partial charge in [-0.2, -0.15) is 11.8 Å². The fourth-order valence-corrected chi connectivity index (χ4v) is 5.20. The third-order valence-electron chi connectivity index (χ3n) is 3.49.